The quantitative estimate of drug-likeness (QED) is 0.228. The number of hydrogen-bond acceptors (Lipinski definition) is 0. The van der Waals surface area contributed by atoms with E-state index in [1.807, 2.05) is 0 Å². The molecule has 0 N–H and O–H groups in total. The van der Waals surface area contributed by atoms with E-state index < -0.39 is 0 Å². The normalized spacial score (nSPS) is 14.6. The summed E-state index contributed by atoms with van der Waals surface area (Å²) >= 11 is 0. The van der Waals surface area contributed by atoms with E-state index in [2.05, 4.69) is 104 Å². The summed E-state index contributed by atoms with van der Waals surface area (Å²) in [5.74, 6) is 2.61. The molecule has 207 valence electrons. The zero-order valence-electron chi connectivity index (χ0n) is 27.3. The molecule has 0 saturated carbocycles. The number of rotatable bonds is 12. The molecule has 1 radical (unpaired) electrons. The molecule has 1 heteroatoms. The van der Waals surface area contributed by atoms with Crippen LogP contribution in [0.2, 0.25) is 0 Å². The van der Waals surface area contributed by atoms with Gasteiger partial charge in [-0.2, -0.15) is 0 Å². The Balaban J connectivity index is -0.000000196. The van der Waals surface area contributed by atoms with Crippen molar-refractivity contribution in [1.29, 1.82) is 0 Å². The van der Waals surface area contributed by atoms with Crippen molar-refractivity contribution in [2.24, 2.45) is 34.0 Å². The average Bonchev–Trinajstić information content (AvgIpc) is 2.67. The minimum Gasteiger partial charge on any atom is -0.0654 e. The summed E-state index contributed by atoms with van der Waals surface area (Å²) < 4.78 is 0. The third kappa shape index (κ3) is 29.1. The van der Waals surface area contributed by atoms with Crippen LogP contribution in [0.4, 0.5) is 0 Å². The molecule has 0 saturated heterocycles. The molecule has 0 aromatic heterocycles. The maximum Gasteiger partial charge on any atom is 0 e. The minimum absolute atomic E-state index is 0. The zero-order valence-corrected chi connectivity index (χ0v) is 29.1. The molecular formula is C33H72Sc. The van der Waals surface area contributed by atoms with Crippen molar-refractivity contribution in [2.45, 2.75) is 181 Å². The van der Waals surface area contributed by atoms with E-state index in [9.17, 15) is 0 Å². The third-order valence-corrected chi connectivity index (χ3v) is 8.16. The summed E-state index contributed by atoms with van der Waals surface area (Å²) in [6.07, 6.45) is 16.7. The van der Waals surface area contributed by atoms with Gasteiger partial charge in [0.1, 0.15) is 0 Å². The van der Waals surface area contributed by atoms with Gasteiger partial charge in [0.05, 0.1) is 0 Å². The van der Waals surface area contributed by atoms with E-state index in [0.29, 0.717) is 16.2 Å². The summed E-state index contributed by atoms with van der Waals surface area (Å²) in [5.41, 5.74) is 1.52. The first-order valence-corrected chi connectivity index (χ1v) is 14.9. The zero-order chi connectivity index (χ0) is 26.7. The van der Waals surface area contributed by atoms with Gasteiger partial charge in [-0.3, -0.25) is 0 Å². The van der Waals surface area contributed by atoms with Crippen LogP contribution in [0.15, 0.2) is 0 Å². The fourth-order valence-corrected chi connectivity index (χ4v) is 3.40. The molecule has 0 spiro atoms. The Bertz CT molecular complexity index is 328. The fourth-order valence-electron chi connectivity index (χ4n) is 3.40. The molecule has 0 aliphatic carbocycles. The molecule has 0 aromatic carbocycles. The van der Waals surface area contributed by atoms with Crippen LogP contribution in [-0.4, -0.2) is 0 Å². The van der Waals surface area contributed by atoms with E-state index in [-0.39, 0.29) is 25.8 Å². The fraction of sp³-hybridized carbons (Fsp3) is 1.00. The summed E-state index contributed by atoms with van der Waals surface area (Å²) in [5, 5.41) is 0. The second-order valence-corrected chi connectivity index (χ2v) is 14.3. The van der Waals surface area contributed by atoms with Gasteiger partial charge in [0.25, 0.3) is 0 Å². The van der Waals surface area contributed by atoms with Gasteiger partial charge in [-0.25, -0.2) is 0 Å². The summed E-state index contributed by atoms with van der Waals surface area (Å²) in [7, 11) is 0. The molecule has 0 amide bonds. The van der Waals surface area contributed by atoms with E-state index in [4.69, 9.17) is 0 Å². The first-order chi connectivity index (χ1) is 14.9. The van der Waals surface area contributed by atoms with Crippen molar-refractivity contribution in [1.82, 2.24) is 0 Å². The van der Waals surface area contributed by atoms with Gasteiger partial charge in [0.15, 0.2) is 0 Å². The molecule has 0 rings (SSSR count). The van der Waals surface area contributed by atoms with Crippen LogP contribution in [-0.2, 0) is 25.8 Å². The third-order valence-electron chi connectivity index (χ3n) is 8.16. The van der Waals surface area contributed by atoms with Crippen LogP contribution in [0, 0.1) is 34.0 Å². The second kappa shape index (κ2) is 23.0. The molecule has 0 aliphatic rings. The van der Waals surface area contributed by atoms with E-state index in [1.165, 1.54) is 77.0 Å². The average molecular weight is 514 g/mol. The van der Waals surface area contributed by atoms with Gasteiger partial charge in [-0.15, -0.1) is 0 Å². The molecule has 3 unspecified atom stereocenters. The maximum atomic E-state index is 2.37. The Hall–Kier alpha value is 0.870. The first-order valence-electron chi connectivity index (χ1n) is 14.9. The Labute approximate surface area is 239 Å². The second-order valence-electron chi connectivity index (χ2n) is 14.3. The van der Waals surface area contributed by atoms with E-state index in [0.717, 1.165) is 17.8 Å². The maximum absolute atomic E-state index is 2.37. The molecular weight excluding hydrogens is 441 g/mol. The van der Waals surface area contributed by atoms with Crippen LogP contribution in [0.3, 0.4) is 0 Å². The topological polar surface area (TPSA) is 0 Å². The summed E-state index contributed by atoms with van der Waals surface area (Å²) in [6.45, 7) is 34.9. The SMILES string of the molecule is CCCCCC(C)C(C)(C)C.CCCCCC(C)C(C)(C)C.CCCCCC(C)C(C)(C)C.[Sc]. The van der Waals surface area contributed by atoms with Crippen molar-refractivity contribution in [2.75, 3.05) is 0 Å². The van der Waals surface area contributed by atoms with E-state index >= 15 is 0 Å². The largest absolute Gasteiger partial charge is 0.0654 e. The van der Waals surface area contributed by atoms with E-state index in [1.54, 1.807) is 0 Å². The molecule has 3 atom stereocenters. The summed E-state index contributed by atoms with van der Waals surface area (Å²) in [6, 6.07) is 0. The smallest absolute Gasteiger partial charge is 0 e. The van der Waals surface area contributed by atoms with Crippen molar-refractivity contribution in [3.8, 4) is 0 Å². The molecule has 0 aliphatic heterocycles. The monoisotopic (exact) mass is 514 g/mol. The summed E-state index contributed by atoms with van der Waals surface area (Å²) in [4.78, 5) is 0. The van der Waals surface area contributed by atoms with Crippen LogP contribution >= 0.6 is 0 Å². The Morgan fingerprint density at radius 3 is 0.676 bits per heavy atom. The van der Waals surface area contributed by atoms with Crippen LogP contribution < -0.4 is 0 Å². The van der Waals surface area contributed by atoms with Gasteiger partial charge in [-0.1, -0.05) is 181 Å². The predicted molar refractivity (Wildman–Crippen MR) is 158 cm³/mol. The number of unbranched alkanes of at least 4 members (excludes halogenated alkanes) is 6. The van der Waals surface area contributed by atoms with Crippen molar-refractivity contribution < 1.29 is 25.8 Å². The van der Waals surface area contributed by atoms with Crippen molar-refractivity contribution in [3.63, 3.8) is 0 Å². The molecule has 0 fully saturated rings. The molecule has 0 aromatic rings. The minimum atomic E-state index is 0. The Kier molecular flexibility index (Phi) is 28.4. The predicted octanol–water partition coefficient (Wildman–Crippen LogP) is 12.7. The van der Waals surface area contributed by atoms with Crippen molar-refractivity contribution >= 4 is 0 Å². The van der Waals surface area contributed by atoms with Crippen LogP contribution in [0.5, 0.6) is 0 Å². The number of hydrogen-bond donors (Lipinski definition) is 0. The molecule has 0 bridgehead atoms. The molecule has 34 heavy (non-hydrogen) atoms. The first kappa shape index (κ1) is 42.0. The van der Waals surface area contributed by atoms with Crippen molar-refractivity contribution in [3.05, 3.63) is 0 Å². The van der Waals surface area contributed by atoms with Gasteiger partial charge in [-0.05, 0) is 34.0 Å². The van der Waals surface area contributed by atoms with Gasteiger partial charge in [0, 0.05) is 25.8 Å². The van der Waals surface area contributed by atoms with Crippen LogP contribution in [0.25, 0.3) is 0 Å². The van der Waals surface area contributed by atoms with Gasteiger partial charge >= 0.3 is 0 Å². The van der Waals surface area contributed by atoms with Crippen LogP contribution in [0.1, 0.15) is 181 Å². The Morgan fingerprint density at radius 2 is 0.559 bits per heavy atom. The molecule has 0 nitrogen and oxygen atoms in total. The standard InChI is InChI=1S/3C11H24.Sc/c3*1-6-7-8-9-10(2)11(3,4)5;/h3*10H,6-9H2,1-5H3;. The van der Waals surface area contributed by atoms with Gasteiger partial charge in [0.2, 0.25) is 0 Å². The Morgan fingerprint density at radius 1 is 0.382 bits per heavy atom. The van der Waals surface area contributed by atoms with Gasteiger partial charge < -0.3 is 0 Å². The molecule has 0 heterocycles.